The summed E-state index contributed by atoms with van der Waals surface area (Å²) < 4.78 is 5.06. The molecule has 1 aromatic carbocycles. The van der Waals surface area contributed by atoms with Crippen LogP contribution in [0.4, 0.5) is 4.79 Å². The fourth-order valence-corrected chi connectivity index (χ4v) is 2.29. The smallest absolute Gasteiger partial charge is 0.325 e. The van der Waals surface area contributed by atoms with Crippen molar-refractivity contribution in [2.45, 2.75) is 26.4 Å². The predicted molar refractivity (Wildman–Crippen MR) is 83.7 cm³/mol. The lowest BCUT2D eigenvalue weighted by Gasteiger charge is -2.14. The molecule has 124 valence electrons. The molecule has 1 atom stereocenters. The van der Waals surface area contributed by atoms with Gasteiger partial charge in [0.25, 0.3) is 5.91 Å². The Bertz CT molecular complexity index is 598. The van der Waals surface area contributed by atoms with Gasteiger partial charge in [0, 0.05) is 6.54 Å². The Labute approximate surface area is 135 Å². The van der Waals surface area contributed by atoms with E-state index in [1.807, 2.05) is 26.0 Å². The van der Waals surface area contributed by atoms with Crippen molar-refractivity contribution in [1.29, 1.82) is 0 Å². The van der Waals surface area contributed by atoms with E-state index in [-0.39, 0.29) is 24.3 Å². The largest absolute Gasteiger partial charge is 0.497 e. The van der Waals surface area contributed by atoms with Crippen LogP contribution >= 0.6 is 0 Å². The van der Waals surface area contributed by atoms with Crippen LogP contribution in [0.1, 0.15) is 19.4 Å². The van der Waals surface area contributed by atoms with E-state index < -0.39 is 12.1 Å². The first-order valence-corrected chi connectivity index (χ1v) is 7.44. The van der Waals surface area contributed by atoms with E-state index in [0.717, 1.165) is 16.2 Å². The average molecular weight is 319 g/mol. The molecule has 0 aliphatic carbocycles. The summed E-state index contributed by atoms with van der Waals surface area (Å²) in [5.74, 6) is -0.0173. The SMILES string of the molecule is COc1ccc(CNC(=O)CN2C(=O)NC(C(C)C)C2=O)cc1. The van der Waals surface area contributed by atoms with Gasteiger partial charge in [-0.3, -0.25) is 14.5 Å². The summed E-state index contributed by atoms with van der Waals surface area (Å²) in [6.45, 7) is 3.73. The molecule has 0 bridgehead atoms. The Morgan fingerprint density at radius 2 is 1.96 bits per heavy atom. The molecule has 0 radical (unpaired) electrons. The monoisotopic (exact) mass is 319 g/mol. The summed E-state index contributed by atoms with van der Waals surface area (Å²) in [4.78, 5) is 36.8. The minimum absolute atomic E-state index is 0.0150. The van der Waals surface area contributed by atoms with Crippen molar-refractivity contribution in [3.05, 3.63) is 29.8 Å². The number of hydrogen-bond donors (Lipinski definition) is 2. The van der Waals surface area contributed by atoms with E-state index in [4.69, 9.17) is 4.74 Å². The molecule has 23 heavy (non-hydrogen) atoms. The average Bonchev–Trinajstić information content (AvgIpc) is 2.81. The minimum atomic E-state index is -0.558. The van der Waals surface area contributed by atoms with Gasteiger partial charge in [0.15, 0.2) is 0 Å². The quantitative estimate of drug-likeness (QED) is 0.762. The third kappa shape index (κ3) is 4.00. The number of carbonyl (C=O) groups is 3. The maximum absolute atomic E-state index is 12.1. The van der Waals surface area contributed by atoms with E-state index in [1.165, 1.54) is 0 Å². The zero-order valence-electron chi connectivity index (χ0n) is 13.5. The Kier molecular flexibility index (Phi) is 5.20. The fraction of sp³-hybridized carbons (Fsp3) is 0.438. The minimum Gasteiger partial charge on any atom is -0.497 e. The second kappa shape index (κ2) is 7.13. The highest BCUT2D eigenvalue weighted by atomic mass is 16.5. The van der Waals surface area contributed by atoms with Crippen LogP contribution in [0.25, 0.3) is 0 Å². The molecule has 1 unspecified atom stereocenters. The van der Waals surface area contributed by atoms with Crippen LogP contribution < -0.4 is 15.4 Å². The molecular formula is C16H21N3O4. The molecule has 1 aliphatic rings. The third-order valence-corrected chi connectivity index (χ3v) is 3.67. The van der Waals surface area contributed by atoms with Crippen molar-refractivity contribution in [3.8, 4) is 5.75 Å². The molecule has 7 nitrogen and oxygen atoms in total. The molecule has 2 rings (SSSR count). The van der Waals surface area contributed by atoms with Gasteiger partial charge in [-0.15, -0.1) is 0 Å². The van der Waals surface area contributed by atoms with Gasteiger partial charge in [-0.05, 0) is 23.6 Å². The van der Waals surface area contributed by atoms with Crippen molar-refractivity contribution in [3.63, 3.8) is 0 Å². The number of hydrogen-bond acceptors (Lipinski definition) is 4. The molecular weight excluding hydrogens is 298 g/mol. The summed E-state index contributed by atoms with van der Waals surface area (Å²) >= 11 is 0. The van der Waals surface area contributed by atoms with Crippen molar-refractivity contribution < 1.29 is 19.1 Å². The van der Waals surface area contributed by atoms with Crippen molar-refractivity contribution >= 4 is 17.8 Å². The van der Waals surface area contributed by atoms with E-state index in [2.05, 4.69) is 10.6 Å². The Morgan fingerprint density at radius 3 is 2.48 bits per heavy atom. The molecule has 1 saturated heterocycles. The van der Waals surface area contributed by atoms with E-state index >= 15 is 0 Å². The highest BCUT2D eigenvalue weighted by molar-refractivity contribution is 6.06. The molecule has 1 aliphatic heterocycles. The van der Waals surface area contributed by atoms with Crippen LogP contribution in [0, 0.1) is 5.92 Å². The van der Waals surface area contributed by atoms with Gasteiger partial charge < -0.3 is 15.4 Å². The van der Waals surface area contributed by atoms with Gasteiger partial charge in [0.1, 0.15) is 18.3 Å². The Balaban J connectivity index is 1.87. The number of nitrogens with one attached hydrogen (secondary N) is 2. The van der Waals surface area contributed by atoms with Gasteiger partial charge in [-0.25, -0.2) is 4.79 Å². The highest BCUT2D eigenvalue weighted by Crippen LogP contribution is 2.13. The van der Waals surface area contributed by atoms with Crippen LogP contribution in [0.3, 0.4) is 0 Å². The van der Waals surface area contributed by atoms with Crippen molar-refractivity contribution in [2.24, 2.45) is 5.92 Å². The number of urea groups is 1. The first kappa shape index (κ1) is 16.8. The summed E-state index contributed by atoms with van der Waals surface area (Å²) in [6, 6.07) is 6.19. The zero-order chi connectivity index (χ0) is 17.0. The Hall–Kier alpha value is -2.57. The van der Waals surface area contributed by atoms with E-state index in [1.54, 1.807) is 19.2 Å². The number of ether oxygens (including phenoxy) is 1. The first-order chi connectivity index (χ1) is 10.9. The zero-order valence-corrected chi connectivity index (χ0v) is 13.5. The topological polar surface area (TPSA) is 87.7 Å². The Morgan fingerprint density at radius 1 is 1.30 bits per heavy atom. The van der Waals surface area contributed by atoms with Gasteiger partial charge in [0.05, 0.1) is 7.11 Å². The lowest BCUT2D eigenvalue weighted by Crippen LogP contribution is -2.41. The number of carbonyl (C=O) groups excluding carboxylic acids is 3. The van der Waals surface area contributed by atoms with Crippen LogP contribution in [0.5, 0.6) is 5.75 Å². The number of methoxy groups -OCH3 is 1. The standard InChI is InChI=1S/C16H21N3O4/c1-10(2)14-15(21)19(16(22)18-14)9-13(20)17-8-11-4-6-12(23-3)7-5-11/h4-7,10,14H,8-9H2,1-3H3,(H,17,20)(H,18,22). The second-order valence-electron chi connectivity index (χ2n) is 5.72. The van der Waals surface area contributed by atoms with Crippen molar-refractivity contribution in [1.82, 2.24) is 15.5 Å². The van der Waals surface area contributed by atoms with Gasteiger partial charge in [0.2, 0.25) is 5.91 Å². The molecule has 0 spiro atoms. The number of benzene rings is 1. The molecule has 7 heteroatoms. The molecule has 1 heterocycles. The summed E-state index contributed by atoms with van der Waals surface area (Å²) in [5.41, 5.74) is 0.899. The van der Waals surface area contributed by atoms with Crippen LogP contribution in [0.2, 0.25) is 0 Å². The normalized spacial score (nSPS) is 17.4. The third-order valence-electron chi connectivity index (χ3n) is 3.67. The van der Waals surface area contributed by atoms with Crippen LogP contribution in [-0.2, 0) is 16.1 Å². The number of amides is 4. The molecule has 4 amide bonds. The number of nitrogens with zero attached hydrogens (tertiary/aromatic N) is 1. The van der Waals surface area contributed by atoms with Gasteiger partial charge in [-0.1, -0.05) is 26.0 Å². The maximum Gasteiger partial charge on any atom is 0.325 e. The van der Waals surface area contributed by atoms with Gasteiger partial charge in [-0.2, -0.15) is 0 Å². The van der Waals surface area contributed by atoms with Crippen LogP contribution in [0.15, 0.2) is 24.3 Å². The van der Waals surface area contributed by atoms with E-state index in [9.17, 15) is 14.4 Å². The maximum atomic E-state index is 12.1. The molecule has 1 aromatic rings. The first-order valence-electron chi connectivity index (χ1n) is 7.44. The lowest BCUT2D eigenvalue weighted by atomic mass is 10.1. The summed E-state index contributed by atoms with van der Waals surface area (Å²) in [5, 5.41) is 5.28. The van der Waals surface area contributed by atoms with Crippen LogP contribution in [-0.4, -0.2) is 42.4 Å². The lowest BCUT2D eigenvalue weighted by molar-refractivity contribution is -0.132. The molecule has 2 N–H and O–H groups in total. The summed E-state index contributed by atoms with van der Waals surface area (Å²) in [7, 11) is 1.58. The predicted octanol–water partition coefficient (Wildman–Crippen LogP) is 0.888. The second-order valence-corrected chi connectivity index (χ2v) is 5.72. The number of imide groups is 1. The highest BCUT2D eigenvalue weighted by Gasteiger charge is 2.40. The molecule has 1 fully saturated rings. The molecule has 0 aromatic heterocycles. The number of rotatable bonds is 6. The fourth-order valence-electron chi connectivity index (χ4n) is 2.29. The van der Waals surface area contributed by atoms with Crippen molar-refractivity contribution in [2.75, 3.05) is 13.7 Å². The van der Waals surface area contributed by atoms with E-state index in [0.29, 0.717) is 6.54 Å². The summed E-state index contributed by atoms with van der Waals surface area (Å²) in [6.07, 6.45) is 0. The van der Waals surface area contributed by atoms with Gasteiger partial charge >= 0.3 is 6.03 Å². The molecule has 0 saturated carbocycles.